The van der Waals surface area contributed by atoms with E-state index in [1.54, 1.807) is 41.4 Å². The highest BCUT2D eigenvalue weighted by Gasteiger charge is 2.22. The van der Waals surface area contributed by atoms with Crippen LogP contribution in [0.25, 0.3) is 0 Å². The molecule has 1 atom stereocenters. The third-order valence-electron chi connectivity index (χ3n) is 3.47. The van der Waals surface area contributed by atoms with Crippen LogP contribution < -0.4 is 5.32 Å². The number of amides is 1. The van der Waals surface area contributed by atoms with Gasteiger partial charge < -0.3 is 14.9 Å². The lowest BCUT2D eigenvalue weighted by Gasteiger charge is -2.19. The van der Waals surface area contributed by atoms with Crippen molar-refractivity contribution in [3.63, 3.8) is 0 Å². The summed E-state index contributed by atoms with van der Waals surface area (Å²) < 4.78 is 16.2. The number of halogens is 2. The summed E-state index contributed by atoms with van der Waals surface area (Å²) in [4.78, 5) is 19.6. The van der Waals surface area contributed by atoms with Gasteiger partial charge in [0.05, 0.1) is 0 Å². The summed E-state index contributed by atoms with van der Waals surface area (Å²) in [5.41, 5.74) is 1.03. The minimum atomic E-state index is -0.555. The number of benzene rings is 1. The first-order chi connectivity index (χ1) is 11.0. The number of aromatic nitrogens is 3. The van der Waals surface area contributed by atoms with Crippen LogP contribution in [0.1, 0.15) is 27.9 Å². The monoisotopic (exact) mass is 376 g/mol. The Morgan fingerprint density at radius 2 is 2.26 bits per heavy atom. The van der Waals surface area contributed by atoms with Crippen molar-refractivity contribution < 1.29 is 9.18 Å². The van der Waals surface area contributed by atoms with Gasteiger partial charge in [-0.25, -0.2) is 9.37 Å². The van der Waals surface area contributed by atoms with E-state index in [1.165, 1.54) is 12.1 Å². The van der Waals surface area contributed by atoms with Crippen molar-refractivity contribution in [1.82, 2.24) is 19.9 Å². The molecule has 0 aliphatic rings. The molecule has 0 radical (unpaired) electrons. The number of hydrogen-bond donors (Lipinski definition) is 2. The van der Waals surface area contributed by atoms with Crippen LogP contribution >= 0.6 is 15.9 Å². The van der Waals surface area contributed by atoms with Gasteiger partial charge in [-0.05, 0) is 39.7 Å². The number of aryl methyl sites for hydroxylation is 1. The second kappa shape index (κ2) is 6.37. The second-order valence-electron chi connectivity index (χ2n) is 5.09. The quantitative estimate of drug-likeness (QED) is 0.734. The molecule has 1 aromatic carbocycles. The van der Waals surface area contributed by atoms with E-state index in [2.05, 4.69) is 31.2 Å². The third kappa shape index (κ3) is 3.34. The average molecular weight is 377 g/mol. The van der Waals surface area contributed by atoms with Crippen molar-refractivity contribution in [3.05, 3.63) is 76.3 Å². The van der Waals surface area contributed by atoms with Crippen molar-refractivity contribution in [3.8, 4) is 0 Å². The highest BCUT2D eigenvalue weighted by molar-refractivity contribution is 9.10. The molecule has 0 unspecified atom stereocenters. The van der Waals surface area contributed by atoms with Gasteiger partial charge in [0.25, 0.3) is 5.91 Å². The van der Waals surface area contributed by atoms with Crippen LogP contribution in [-0.4, -0.2) is 20.4 Å². The van der Waals surface area contributed by atoms with Crippen LogP contribution in [-0.2, 0) is 7.05 Å². The minimum absolute atomic E-state index is 0.298. The maximum absolute atomic E-state index is 13.6. The summed E-state index contributed by atoms with van der Waals surface area (Å²) in [6.45, 7) is 0. The molecule has 1 amide bonds. The van der Waals surface area contributed by atoms with Crippen molar-refractivity contribution in [2.24, 2.45) is 7.05 Å². The lowest BCUT2D eigenvalue weighted by Crippen LogP contribution is -2.31. The number of carbonyl (C=O) groups is 1. The number of imidazole rings is 1. The van der Waals surface area contributed by atoms with Gasteiger partial charge in [0.2, 0.25) is 0 Å². The Bertz CT molecular complexity index is 842. The van der Waals surface area contributed by atoms with Crippen molar-refractivity contribution >= 4 is 21.8 Å². The van der Waals surface area contributed by atoms with Gasteiger partial charge in [-0.1, -0.05) is 12.1 Å². The van der Waals surface area contributed by atoms with E-state index in [1.807, 2.05) is 7.05 Å². The zero-order valence-electron chi connectivity index (χ0n) is 12.3. The zero-order valence-corrected chi connectivity index (χ0v) is 13.8. The Kier molecular flexibility index (Phi) is 4.29. The maximum atomic E-state index is 13.6. The Morgan fingerprint density at radius 1 is 1.43 bits per heavy atom. The van der Waals surface area contributed by atoms with E-state index in [4.69, 9.17) is 0 Å². The zero-order chi connectivity index (χ0) is 16.4. The fraction of sp³-hybridized carbons (Fsp3) is 0.125. The first-order valence-corrected chi connectivity index (χ1v) is 7.71. The highest BCUT2D eigenvalue weighted by Crippen LogP contribution is 2.22. The fourth-order valence-electron chi connectivity index (χ4n) is 2.35. The number of nitrogens with one attached hydrogen (secondary N) is 2. The first kappa shape index (κ1) is 15.5. The summed E-state index contributed by atoms with van der Waals surface area (Å²) in [6, 6.07) is 7.25. The highest BCUT2D eigenvalue weighted by atomic mass is 79.9. The fourth-order valence-corrected chi connectivity index (χ4v) is 2.69. The molecule has 7 heteroatoms. The summed E-state index contributed by atoms with van der Waals surface area (Å²) in [6.07, 6.45) is 5.09. The second-order valence-corrected chi connectivity index (χ2v) is 6.01. The molecule has 0 saturated heterocycles. The molecule has 0 aliphatic heterocycles. The molecule has 23 heavy (non-hydrogen) atoms. The Balaban J connectivity index is 1.96. The van der Waals surface area contributed by atoms with Gasteiger partial charge in [0.15, 0.2) is 0 Å². The number of carbonyl (C=O) groups excluding carboxylic acids is 1. The standard InChI is InChI=1S/C16H14BrFN4O/c1-22-6-5-19-15(22)14(10-3-2-4-12(18)7-10)21-16(23)13-8-11(17)9-20-13/h2-9,14,20H,1H3,(H,21,23)/t14-/m0/s1. The molecular weight excluding hydrogens is 363 g/mol. The molecule has 0 bridgehead atoms. The van der Waals surface area contributed by atoms with Gasteiger partial charge in [0, 0.05) is 30.1 Å². The Morgan fingerprint density at radius 3 is 2.87 bits per heavy atom. The Labute approximate surface area is 140 Å². The van der Waals surface area contributed by atoms with E-state index in [9.17, 15) is 9.18 Å². The lowest BCUT2D eigenvalue weighted by molar-refractivity contribution is 0.0936. The predicted octanol–water partition coefficient (Wildman–Crippen LogP) is 3.17. The van der Waals surface area contributed by atoms with E-state index >= 15 is 0 Å². The van der Waals surface area contributed by atoms with Crippen molar-refractivity contribution in [2.75, 3.05) is 0 Å². The van der Waals surface area contributed by atoms with Crippen LogP contribution in [0.15, 0.2) is 53.4 Å². The van der Waals surface area contributed by atoms with Crippen LogP contribution in [0.4, 0.5) is 4.39 Å². The van der Waals surface area contributed by atoms with Gasteiger partial charge >= 0.3 is 0 Å². The van der Waals surface area contributed by atoms with Crippen molar-refractivity contribution in [2.45, 2.75) is 6.04 Å². The first-order valence-electron chi connectivity index (χ1n) is 6.92. The summed E-state index contributed by atoms with van der Waals surface area (Å²) >= 11 is 3.29. The van der Waals surface area contributed by atoms with Gasteiger partial charge in [-0.15, -0.1) is 0 Å². The van der Waals surface area contributed by atoms with E-state index < -0.39 is 6.04 Å². The normalized spacial score (nSPS) is 12.1. The molecule has 3 aromatic rings. The SMILES string of the molecule is Cn1ccnc1[C@@H](NC(=O)c1cc(Br)c[nH]1)c1cccc(F)c1. The average Bonchev–Trinajstić information content (AvgIpc) is 3.13. The molecule has 2 aromatic heterocycles. The molecule has 0 aliphatic carbocycles. The van der Waals surface area contributed by atoms with Gasteiger partial charge in [-0.3, -0.25) is 4.79 Å². The molecule has 2 heterocycles. The maximum Gasteiger partial charge on any atom is 0.268 e. The van der Waals surface area contributed by atoms with Crippen LogP contribution in [0.3, 0.4) is 0 Å². The number of H-pyrrole nitrogens is 1. The minimum Gasteiger partial charge on any atom is -0.356 e. The van der Waals surface area contributed by atoms with E-state index in [0.29, 0.717) is 17.1 Å². The third-order valence-corrected chi connectivity index (χ3v) is 3.92. The molecule has 5 nitrogen and oxygen atoms in total. The molecular formula is C16H14BrFN4O. The summed E-state index contributed by atoms with van der Waals surface area (Å²) in [7, 11) is 1.83. The van der Waals surface area contributed by atoms with Crippen molar-refractivity contribution in [1.29, 1.82) is 0 Å². The number of nitrogens with zero attached hydrogens (tertiary/aromatic N) is 2. The lowest BCUT2D eigenvalue weighted by atomic mass is 10.1. The summed E-state index contributed by atoms with van der Waals surface area (Å²) in [5, 5.41) is 2.89. The topological polar surface area (TPSA) is 62.7 Å². The van der Waals surface area contributed by atoms with Gasteiger partial charge in [-0.2, -0.15) is 0 Å². The largest absolute Gasteiger partial charge is 0.356 e. The molecule has 0 fully saturated rings. The predicted molar refractivity (Wildman–Crippen MR) is 87.4 cm³/mol. The van der Waals surface area contributed by atoms with Crippen LogP contribution in [0.2, 0.25) is 0 Å². The molecule has 2 N–H and O–H groups in total. The van der Waals surface area contributed by atoms with Crippen LogP contribution in [0.5, 0.6) is 0 Å². The smallest absolute Gasteiger partial charge is 0.268 e. The molecule has 0 spiro atoms. The number of rotatable bonds is 4. The van der Waals surface area contributed by atoms with Crippen LogP contribution in [0, 0.1) is 5.82 Å². The molecule has 3 rings (SSSR count). The molecule has 0 saturated carbocycles. The van der Waals surface area contributed by atoms with E-state index in [-0.39, 0.29) is 11.7 Å². The molecule has 118 valence electrons. The number of hydrogen-bond acceptors (Lipinski definition) is 2. The summed E-state index contributed by atoms with van der Waals surface area (Å²) in [5.74, 6) is -0.0406. The Hall–Kier alpha value is -2.41. The van der Waals surface area contributed by atoms with E-state index in [0.717, 1.165) is 4.47 Å². The van der Waals surface area contributed by atoms with Gasteiger partial charge in [0.1, 0.15) is 23.4 Å². The number of aromatic amines is 1.